The first kappa shape index (κ1) is 16.4. The van der Waals surface area contributed by atoms with Crippen molar-refractivity contribution >= 4 is 28.8 Å². The highest BCUT2D eigenvalue weighted by molar-refractivity contribution is 7.09. The lowest BCUT2D eigenvalue weighted by molar-refractivity contribution is -0.385. The highest BCUT2D eigenvalue weighted by Gasteiger charge is 2.18. The topological polar surface area (TPSA) is 137 Å². The number of nitro groups is 1. The van der Waals surface area contributed by atoms with Crippen LogP contribution in [0.1, 0.15) is 15.2 Å². The smallest absolute Gasteiger partial charge is 0.286 e. The van der Waals surface area contributed by atoms with Crippen LogP contribution >= 0.6 is 11.3 Å². The van der Waals surface area contributed by atoms with Gasteiger partial charge in [0.15, 0.2) is 0 Å². The SMILES string of the molecule is NC(=O)c1cc([N+](=O)[O-])cn(CC(=O)NCc2cccs2)c1=O. The number of nitrogens with two attached hydrogens (primary N) is 1. The molecule has 10 heteroatoms. The van der Waals surface area contributed by atoms with Gasteiger partial charge in [0.25, 0.3) is 17.2 Å². The Bertz CT molecular complexity index is 812. The molecule has 0 aliphatic rings. The van der Waals surface area contributed by atoms with Crippen LogP contribution in [-0.4, -0.2) is 21.3 Å². The monoisotopic (exact) mass is 336 g/mol. The van der Waals surface area contributed by atoms with Gasteiger partial charge in [-0.3, -0.25) is 29.1 Å². The summed E-state index contributed by atoms with van der Waals surface area (Å²) in [7, 11) is 0. The molecule has 0 aliphatic heterocycles. The number of hydrogen-bond donors (Lipinski definition) is 2. The fourth-order valence-electron chi connectivity index (χ4n) is 1.82. The lowest BCUT2D eigenvalue weighted by atomic mass is 10.2. The summed E-state index contributed by atoms with van der Waals surface area (Å²) in [5.41, 5.74) is 3.15. The zero-order valence-electron chi connectivity index (χ0n) is 11.7. The van der Waals surface area contributed by atoms with Crippen molar-refractivity contribution < 1.29 is 14.5 Å². The van der Waals surface area contributed by atoms with Crippen molar-refractivity contribution in [3.05, 3.63) is 60.7 Å². The van der Waals surface area contributed by atoms with Crippen LogP contribution in [0.15, 0.2) is 34.6 Å². The standard InChI is InChI=1S/C13H12N4O5S/c14-12(19)10-4-8(17(21)22)6-16(13(10)20)7-11(18)15-5-9-2-1-3-23-9/h1-4,6H,5,7H2,(H2,14,19)(H,15,18). The Hall–Kier alpha value is -3.01. The van der Waals surface area contributed by atoms with E-state index in [0.717, 1.165) is 21.7 Å². The molecule has 0 bridgehead atoms. The molecule has 2 aromatic rings. The molecule has 0 saturated heterocycles. The normalized spacial score (nSPS) is 10.3. The van der Waals surface area contributed by atoms with Gasteiger partial charge < -0.3 is 11.1 Å². The van der Waals surface area contributed by atoms with E-state index in [4.69, 9.17) is 5.73 Å². The Morgan fingerprint density at radius 2 is 2.17 bits per heavy atom. The first-order valence-corrected chi connectivity index (χ1v) is 7.24. The van der Waals surface area contributed by atoms with Crippen LogP contribution in [-0.2, 0) is 17.9 Å². The van der Waals surface area contributed by atoms with Gasteiger partial charge in [-0.2, -0.15) is 0 Å². The molecule has 2 amide bonds. The zero-order valence-corrected chi connectivity index (χ0v) is 12.5. The number of primary amides is 1. The van der Waals surface area contributed by atoms with E-state index >= 15 is 0 Å². The van der Waals surface area contributed by atoms with Crippen molar-refractivity contribution in [3.8, 4) is 0 Å². The van der Waals surface area contributed by atoms with E-state index in [9.17, 15) is 24.5 Å². The quantitative estimate of drug-likeness (QED) is 0.574. The van der Waals surface area contributed by atoms with Gasteiger partial charge in [-0.15, -0.1) is 11.3 Å². The van der Waals surface area contributed by atoms with E-state index in [1.807, 2.05) is 17.5 Å². The summed E-state index contributed by atoms with van der Waals surface area (Å²) in [5.74, 6) is -1.61. The van der Waals surface area contributed by atoms with Gasteiger partial charge in [-0.05, 0) is 11.4 Å². The number of hydrogen-bond acceptors (Lipinski definition) is 6. The first-order chi connectivity index (χ1) is 10.9. The second kappa shape index (κ2) is 6.83. The summed E-state index contributed by atoms with van der Waals surface area (Å²) in [6, 6.07) is 4.46. The number of rotatable bonds is 6. The van der Waals surface area contributed by atoms with Crippen molar-refractivity contribution in [1.82, 2.24) is 9.88 Å². The Morgan fingerprint density at radius 3 is 2.74 bits per heavy atom. The number of pyridine rings is 1. The van der Waals surface area contributed by atoms with Gasteiger partial charge in [-0.1, -0.05) is 6.07 Å². The molecular formula is C13H12N4O5S. The highest BCUT2D eigenvalue weighted by Crippen LogP contribution is 2.10. The largest absolute Gasteiger partial charge is 0.365 e. The second-order valence-corrected chi connectivity index (χ2v) is 5.55. The van der Waals surface area contributed by atoms with E-state index in [0.29, 0.717) is 0 Å². The molecule has 2 aromatic heterocycles. The Labute approximate surface area is 133 Å². The molecule has 0 unspecified atom stereocenters. The summed E-state index contributed by atoms with van der Waals surface area (Å²) in [6.45, 7) is -0.172. The minimum atomic E-state index is -1.09. The van der Waals surface area contributed by atoms with E-state index in [-0.39, 0.29) is 6.54 Å². The molecule has 2 rings (SSSR count). The number of carbonyl (C=O) groups is 2. The predicted molar refractivity (Wildman–Crippen MR) is 82.0 cm³/mol. The molecule has 0 spiro atoms. The highest BCUT2D eigenvalue weighted by atomic mass is 32.1. The predicted octanol–water partition coefficient (Wildman–Crippen LogP) is 0.233. The lowest BCUT2D eigenvalue weighted by Gasteiger charge is -2.08. The molecule has 0 aliphatic carbocycles. The Morgan fingerprint density at radius 1 is 1.43 bits per heavy atom. The maximum atomic E-state index is 12.0. The van der Waals surface area contributed by atoms with Crippen LogP contribution < -0.4 is 16.6 Å². The molecule has 0 atom stereocenters. The average Bonchev–Trinajstić information content (AvgIpc) is 3.00. The summed E-state index contributed by atoms with van der Waals surface area (Å²) in [6.07, 6.45) is 0.902. The third-order valence-corrected chi connectivity index (χ3v) is 3.78. The van der Waals surface area contributed by atoms with Crippen LogP contribution in [0.5, 0.6) is 0 Å². The summed E-state index contributed by atoms with van der Waals surface area (Å²) < 4.78 is 0.794. The molecule has 120 valence electrons. The number of amides is 2. The molecule has 0 fully saturated rings. The average molecular weight is 336 g/mol. The summed E-state index contributed by atoms with van der Waals surface area (Å²) in [4.78, 5) is 46.1. The number of thiophene rings is 1. The Kier molecular flexibility index (Phi) is 4.86. The van der Waals surface area contributed by atoms with Crippen LogP contribution in [0.2, 0.25) is 0 Å². The maximum Gasteiger partial charge on any atom is 0.286 e. The van der Waals surface area contributed by atoms with E-state index < -0.39 is 40.1 Å². The van der Waals surface area contributed by atoms with Crippen LogP contribution in [0.4, 0.5) is 5.69 Å². The van der Waals surface area contributed by atoms with Crippen molar-refractivity contribution in [3.63, 3.8) is 0 Å². The minimum Gasteiger partial charge on any atom is -0.365 e. The first-order valence-electron chi connectivity index (χ1n) is 6.36. The summed E-state index contributed by atoms with van der Waals surface area (Å²) in [5, 5.41) is 15.3. The van der Waals surface area contributed by atoms with Gasteiger partial charge in [0, 0.05) is 10.9 Å². The van der Waals surface area contributed by atoms with Gasteiger partial charge in [-0.25, -0.2) is 0 Å². The Balaban J connectivity index is 2.20. The maximum absolute atomic E-state index is 12.0. The fourth-order valence-corrected chi connectivity index (χ4v) is 2.47. The molecule has 23 heavy (non-hydrogen) atoms. The van der Waals surface area contributed by atoms with Gasteiger partial charge in [0.1, 0.15) is 12.1 Å². The van der Waals surface area contributed by atoms with Crippen LogP contribution in [0.25, 0.3) is 0 Å². The molecule has 0 radical (unpaired) electrons. The van der Waals surface area contributed by atoms with Crippen molar-refractivity contribution in [2.45, 2.75) is 13.1 Å². The van der Waals surface area contributed by atoms with Crippen molar-refractivity contribution in [2.75, 3.05) is 0 Å². The molecule has 2 heterocycles. The minimum absolute atomic E-state index is 0.281. The van der Waals surface area contributed by atoms with Gasteiger partial charge in [0.05, 0.1) is 17.7 Å². The molecule has 9 nitrogen and oxygen atoms in total. The van der Waals surface area contributed by atoms with Crippen molar-refractivity contribution in [2.24, 2.45) is 5.73 Å². The second-order valence-electron chi connectivity index (χ2n) is 4.52. The van der Waals surface area contributed by atoms with Gasteiger partial charge in [0.2, 0.25) is 5.91 Å². The van der Waals surface area contributed by atoms with E-state index in [2.05, 4.69) is 5.32 Å². The number of carbonyl (C=O) groups excluding carboxylic acids is 2. The summed E-state index contributed by atoms with van der Waals surface area (Å²) >= 11 is 1.45. The van der Waals surface area contributed by atoms with Gasteiger partial charge >= 0.3 is 0 Å². The molecular weight excluding hydrogens is 324 g/mol. The third-order valence-electron chi connectivity index (χ3n) is 2.90. The van der Waals surface area contributed by atoms with E-state index in [1.165, 1.54) is 11.3 Å². The van der Waals surface area contributed by atoms with Crippen LogP contribution in [0.3, 0.4) is 0 Å². The van der Waals surface area contributed by atoms with E-state index in [1.54, 1.807) is 0 Å². The van der Waals surface area contributed by atoms with Crippen LogP contribution in [0, 0.1) is 10.1 Å². The molecule has 3 N–H and O–H groups in total. The lowest BCUT2D eigenvalue weighted by Crippen LogP contribution is -2.35. The zero-order chi connectivity index (χ0) is 17.0. The molecule has 0 saturated carbocycles. The van der Waals surface area contributed by atoms with Crippen molar-refractivity contribution in [1.29, 1.82) is 0 Å². The number of nitrogens with one attached hydrogen (secondary N) is 1. The third kappa shape index (κ3) is 4.01. The fraction of sp³-hybridized carbons (Fsp3) is 0.154. The number of aromatic nitrogens is 1. The molecule has 0 aromatic carbocycles. The number of nitrogens with zero attached hydrogens (tertiary/aromatic N) is 2.